The van der Waals surface area contributed by atoms with Crippen molar-refractivity contribution in [3.05, 3.63) is 24.2 Å². The zero-order valence-corrected chi connectivity index (χ0v) is 9.26. The second-order valence-corrected chi connectivity index (χ2v) is 5.14. The van der Waals surface area contributed by atoms with Crippen molar-refractivity contribution in [1.82, 2.24) is 15.0 Å². The Bertz CT molecular complexity index is 427. The van der Waals surface area contributed by atoms with E-state index in [0.717, 1.165) is 29.3 Å². The molecule has 0 aromatic carbocycles. The number of H-pyrrole nitrogens is 1. The third-order valence-corrected chi connectivity index (χ3v) is 4.04. The molecule has 2 aromatic rings. The van der Waals surface area contributed by atoms with E-state index in [1.54, 1.807) is 6.20 Å². The second-order valence-electron chi connectivity index (χ2n) is 3.99. The van der Waals surface area contributed by atoms with E-state index in [2.05, 4.69) is 26.7 Å². The van der Waals surface area contributed by atoms with Crippen LogP contribution in [0.1, 0.15) is 12.2 Å². The highest BCUT2D eigenvalue weighted by molar-refractivity contribution is 7.99. The summed E-state index contributed by atoms with van der Waals surface area (Å²) < 4.78 is 0. The molecule has 1 atom stereocenters. The monoisotopic (exact) mass is 219 g/mol. The van der Waals surface area contributed by atoms with Gasteiger partial charge in [0.15, 0.2) is 5.65 Å². The van der Waals surface area contributed by atoms with Gasteiger partial charge in [0, 0.05) is 12.6 Å². The number of hydrogen-bond donors (Lipinski definition) is 1. The van der Waals surface area contributed by atoms with E-state index in [1.807, 2.05) is 12.1 Å². The van der Waals surface area contributed by atoms with E-state index < -0.39 is 0 Å². The lowest BCUT2D eigenvalue weighted by molar-refractivity contribution is 0.580. The molecule has 0 amide bonds. The Morgan fingerprint density at radius 2 is 2.53 bits per heavy atom. The Morgan fingerprint density at radius 1 is 1.53 bits per heavy atom. The normalized spacial score (nSPS) is 21.2. The van der Waals surface area contributed by atoms with Crippen LogP contribution in [0.3, 0.4) is 0 Å². The average Bonchev–Trinajstić information content (AvgIpc) is 2.86. The number of aromatic amines is 1. The van der Waals surface area contributed by atoms with Crippen LogP contribution in [-0.4, -0.2) is 26.5 Å². The van der Waals surface area contributed by atoms with Crippen molar-refractivity contribution in [1.29, 1.82) is 0 Å². The fraction of sp³-hybridized carbons (Fsp3) is 0.455. The first kappa shape index (κ1) is 9.21. The number of nitrogens with zero attached hydrogens (tertiary/aromatic N) is 2. The van der Waals surface area contributed by atoms with E-state index in [1.165, 1.54) is 17.9 Å². The van der Waals surface area contributed by atoms with Crippen LogP contribution in [-0.2, 0) is 6.42 Å². The number of rotatable bonds is 2. The Labute approximate surface area is 92.7 Å². The number of hydrogen-bond acceptors (Lipinski definition) is 3. The summed E-state index contributed by atoms with van der Waals surface area (Å²) in [6, 6.07) is 3.97. The lowest BCUT2D eigenvalue weighted by Gasteiger charge is -2.03. The smallest absolute Gasteiger partial charge is 0.177 e. The molecule has 1 N–H and O–H groups in total. The molecule has 3 heterocycles. The molecule has 0 saturated carbocycles. The van der Waals surface area contributed by atoms with E-state index in [9.17, 15) is 0 Å². The predicted molar refractivity (Wildman–Crippen MR) is 63.0 cm³/mol. The lowest BCUT2D eigenvalue weighted by Crippen LogP contribution is -2.03. The number of thioether (sulfide) groups is 1. The van der Waals surface area contributed by atoms with Crippen molar-refractivity contribution >= 4 is 22.9 Å². The van der Waals surface area contributed by atoms with Crippen molar-refractivity contribution < 1.29 is 0 Å². The van der Waals surface area contributed by atoms with E-state index >= 15 is 0 Å². The summed E-state index contributed by atoms with van der Waals surface area (Å²) in [4.78, 5) is 12.1. The van der Waals surface area contributed by atoms with Gasteiger partial charge in [0.25, 0.3) is 0 Å². The van der Waals surface area contributed by atoms with Crippen LogP contribution in [0.4, 0.5) is 0 Å². The highest BCUT2D eigenvalue weighted by atomic mass is 32.2. The SMILES string of the molecule is c1cnc2nc(CC3CCSC3)[nH]c2c1. The maximum absolute atomic E-state index is 4.50. The van der Waals surface area contributed by atoms with Gasteiger partial charge in [0.05, 0.1) is 5.52 Å². The third-order valence-electron chi connectivity index (χ3n) is 2.81. The van der Waals surface area contributed by atoms with Gasteiger partial charge in [-0.25, -0.2) is 9.97 Å². The molecule has 1 aliphatic rings. The number of nitrogens with one attached hydrogen (secondary N) is 1. The van der Waals surface area contributed by atoms with Crippen molar-refractivity contribution in [3.63, 3.8) is 0 Å². The molecule has 3 nitrogen and oxygen atoms in total. The molecule has 3 rings (SSSR count). The van der Waals surface area contributed by atoms with Gasteiger partial charge in [0.1, 0.15) is 5.82 Å². The van der Waals surface area contributed by atoms with E-state index in [0.29, 0.717) is 0 Å². The minimum absolute atomic E-state index is 0.801. The van der Waals surface area contributed by atoms with E-state index in [-0.39, 0.29) is 0 Å². The molecule has 0 spiro atoms. The van der Waals surface area contributed by atoms with Gasteiger partial charge in [-0.1, -0.05) is 0 Å². The maximum Gasteiger partial charge on any atom is 0.177 e. The predicted octanol–water partition coefficient (Wildman–Crippen LogP) is 2.25. The zero-order valence-electron chi connectivity index (χ0n) is 8.44. The highest BCUT2D eigenvalue weighted by Gasteiger charge is 2.17. The second kappa shape index (κ2) is 3.85. The van der Waals surface area contributed by atoms with Gasteiger partial charge >= 0.3 is 0 Å². The van der Waals surface area contributed by atoms with Crippen molar-refractivity contribution in [2.75, 3.05) is 11.5 Å². The molecule has 4 heteroatoms. The van der Waals surface area contributed by atoms with E-state index in [4.69, 9.17) is 0 Å². The molecule has 78 valence electrons. The molecule has 2 aromatic heterocycles. The topological polar surface area (TPSA) is 41.6 Å². The minimum Gasteiger partial charge on any atom is -0.341 e. The maximum atomic E-state index is 4.50. The van der Waals surface area contributed by atoms with Gasteiger partial charge in [0.2, 0.25) is 0 Å². The Hall–Kier alpha value is -1.03. The number of pyridine rings is 1. The fourth-order valence-corrected chi connectivity index (χ4v) is 3.29. The molecule has 1 unspecified atom stereocenters. The first-order chi connectivity index (χ1) is 7.42. The average molecular weight is 219 g/mol. The van der Waals surface area contributed by atoms with Gasteiger partial charge < -0.3 is 4.98 Å². The lowest BCUT2D eigenvalue weighted by atomic mass is 10.1. The first-order valence-electron chi connectivity index (χ1n) is 5.29. The van der Waals surface area contributed by atoms with Crippen LogP contribution in [0.5, 0.6) is 0 Å². The van der Waals surface area contributed by atoms with Crippen LogP contribution in [0.25, 0.3) is 11.2 Å². The molecule has 0 aliphatic carbocycles. The number of fused-ring (bicyclic) bond motifs is 1. The molecule has 1 saturated heterocycles. The summed E-state index contributed by atoms with van der Waals surface area (Å²) in [6.07, 6.45) is 4.19. The summed E-state index contributed by atoms with van der Waals surface area (Å²) >= 11 is 2.05. The highest BCUT2D eigenvalue weighted by Crippen LogP contribution is 2.26. The Kier molecular flexibility index (Phi) is 2.37. The molecular formula is C11H13N3S. The first-order valence-corrected chi connectivity index (χ1v) is 6.44. The van der Waals surface area contributed by atoms with Gasteiger partial charge in [-0.2, -0.15) is 11.8 Å². The summed E-state index contributed by atoms with van der Waals surface area (Å²) in [6.45, 7) is 0. The summed E-state index contributed by atoms with van der Waals surface area (Å²) in [5.74, 6) is 4.49. The van der Waals surface area contributed by atoms with Crippen LogP contribution in [0.2, 0.25) is 0 Å². The zero-order chi connectivity index (χ0) is 10.1. The largest absolute Gasteiger partial charge is 0.341 e. The minimum atomic E-state index is 0.801. The molecular weight excluding hydrogens is 206 g/mol. The fourth-order valence-electron chi connectivity index (χ4n) is 2.01. The van der Waals surface area contributed by atoms with Crippen molar-refractivity contribution in [2.45, 2.75) is 12.8 Å². The molecule has 1 fully saturated rings. The van der Waals surface area contributed by atoms with Crippen LogP contribution >= 0.6 is 11.8 Å². The standard InChI is InChI=1S/C11H13N3S/c1-2-9-11(12-4-1)14-10(13-9)6-8-3-5-15-7-8/h1-2,4,8H,3,5-7H2,(H,12,13,14). The van der Waals surface area contributed by atoms with Crippen LogP contribution in [0, 0.1) is 5.92 Å². The van der Waals surface area contributed by atoms with Gasteiger partial charge in [-0.3, -0.25) is 0 Å². The van der Waals surface area contributed by atoms with Crippen molar-refractivity contribution in [2.24, 2.45) is 5.92 Å². The van der Waals surface area contributed by atoms with Crippen LogP contribution < -0.4 is 0 Å². The summed E-state index contributed by atoms with van der Waals surface area (Å²) in [5.41, 5.74) is 1.90. The Morgan fingerprint density at radius 3 is 3.33 bits per heavy atom. The third kappa shape index (κ3) is 1.86. The number of imidazole rings is 1. The molecule has 0 bridgehead atoms. The van der Waals surface area contributed by atoms with Gasteiger partial charge in [-0.15, -0.1) is 0 Å². The molecule has 0 radical (unpaired) electrons. The quantitative estimate of drug-likeness (QED) is 0.842. The summed E-state index contributed by atoms with van der Waals surface area (Å²) in [7, 11) is 0. The summed E-state index contributed by atoms with van der Waals surface area (Å²) in [5, 5.41) is 0. The number of aromatic nitrogens is 3. The molecule has 1 aliphatic heterocycles. The molecule has 15 heavy (non-hydrogen) atoms. The van der Waals surface area contributed by atoms with Crippen LogP contribution in [0.15, 0.2) is 18.3 Å². The van der Waals surface area contributed by atoms with Gasteiger partial charge in [-0.05, 0) is 36.0 Å². The van der Waals surface area contributed by atoms with Crippen molar-refractivity contribution in [3.8, 4) is 0 Å². The Balaban J connectivity index is 1.84.